The van der Waals surface area contributed by atoms with Crippen molar-refractivity contribution in [2.75, 3.05) is 44.6 Å². The fourth-order valence-electron chi connectivity index (χ4n) is 2.26. The van der Waals surface area contributed by atoms with Crippen LogP contribution in [0.4, 0.5) is 5.69 Å². The van der Waals surface area contributed by atoms with Crippen LogP contribution in [-0.2, 0) is 4.79 Å². The summed E-state index contributed by atoms with van der Waals surface area (Å²) in [5.74, 6) is 0.0140. The number of piperazine rings is 1. The summed E-state index contributed by atoms with van der Waals surface area (Å²) >= 11 is 8.28. The number of hydrogen-bond acceptors (Lipinski definition) is 4. The first-order chi connectivity index (χ1) is 10.0. The van der Waals surface area contributed by atoms with Gasteiger partial charge < -0.3 is 11.1 Å². The first-order valence-corrected chi connectivity index (χ1v) is 8.01. The number of halogens is 1. The van der Waals surface area contributed by atoms with Gasteiger partial charge in [0, 0.05) is 42.9 Å². The Balaban J connectivity index is 1.74. The Morgan fingerprint density at radius 2 is 1.67 bits per heavy atom. The first kappa shape index (κ1) is 16.4. The van der Waals surface area contributed by atoms with Gasteiger partial charge in [-0.25, -0.2) is 0 Å². The molecule has 0 bridgehead atoms. The first-order valence-electron chi connectivity index (χ1n) is 6.81. The monoisotopic (exact) mass is 370 g/mol. The number of nitrogens with two attached hydrogens (primary N) is 1. The van der Waals surface area contributed by atoms with Crippen LogP contribution in [-0.4, -0.2) is 60.0 Å². The lowest BCUT2D eigenvalue weighted by Gasteiger charge is -2.33. The van der Waals surface area contributed by atoms with Gasteiger partial charge in [-0.05, 0) is 24.3 Å². The molecule has 3 N–H and O–H groups in total. The number of carbonyl (C=O) groups is 1. The van der Waals surface area contributed by atoms with E-state index in [0.717, 1.165) is 36.3 Å². The van der Waals surface area contributed by atoms with Gasteiger partial charge in [0.25, 0.3) is 0 Å². The molecule has 7 heteroatoms. The molecule has 1 heterocycles. The standard InChI is InChI=1S/C14H19BrN4OS/c15-11-1-3-12(4-2-11)17-14(20)10-19-7-5-18(6-8-19)9-13(16)21/h1-4H,5-10H2,(H2,16,21)(H,17,20). The van der Waals surface area contributed by atoms with Crippen LogP contribution >= 0.6 is 28.1 Å². The van der Waals surface area contributed by atoms with Gasteiger partial charge in [0.15, 0.2) is 0 Å². The zero-order valence-electron chi connectivity index (χ0n) is 11.7. The molecule has 2 rings (SSSR count). The number of thiocarbonyl (C=S) groups is 1. The van der Waals surface area contributed by atoms with E-state index >= 15 is 0 Å². The Morgan fingerprint density at radius 3 is 2.19 bits per heavy atom. The van der Waals surface area contributed by atoms with E-state index in [1.165, 1.54) is 0 Å². The van der Waals surface area contributed by atoms with E-state index in [1.54, 1.807) is 0 Å². The van der Waals surface area contributed by atoms with E-state index in [2.05, 4.69) is 31.0 Å². The average molecular weight is 371 g/mol. The highest BCUT2D eigenvalue weighted by molar-refractivity contribution is 9.10. The number of anilines is 1. The molecule has 1 amide bonds. The Kier molecular flexibility index (Phi) is 6.10. The smallest absolute Gasteiger partial charge is 0.238 e. The van der Waals surface area contributed by atoms with Crippen molar-refractivity contribution in [2.45, 2.75) is 0 Å². The predicted octanol–water partition coefficient (Wildman–Crippen LogP) is 1.29. The van der Waals surface area contributed by atoms with Crippen molar-refractivity contribution in [3.05, 3.63) is 28.7 Å². The lowest BCUT2D eigenvalue weighted by Crippen LogP contribution is -2.50. The molecule has 0 radical (unpaired) electrons. The average Bonchev–Trinajstić information content (AvgIpc) is 2.43. The van der Waals surface area contributed by atoms with E-state index in [4.69, 9.17) is 18.0 Å². The molecule has 1 aromatic carbocycles. The molecular weight excluding hydrogens is 352 g/mol. The van der Waals surface area contributed by atoms with E-state index in [0.29, 0.717) is 18.1 Å². The fourth-order valence-corrected chi connectivity index (χ4v) is 2.71. The fraction of sp³-hybridized carbons (Fsp3) is 0.429. The number of amides is 1. The summed E-state index contributed by atoms with van der Waals surface area (Å²) in [5, 5.41) is 2.90. The molecule has 1 aliphatic heterocycles. The van der Waals surface area contributed by atoms with Gasteiger partial charge in [-0.3, -0.25) is 14.6 Å². The molecule has 114 valence electrons. The quantitative estimate of drug-likeness (QED) is 0.764. The minimum Gasteiger partial charge on any atom is -0.392 e. The van der Waals surface area contributed by atoms with Gasteiger partial charge in [0.1, 0.15) is 0 Å². The second-order valence-electron chi connectivity index (χ2n) is 5.07. The van der Waals surface area contributed by atoms with E-state index < -0.39 is 0 Å². The van der Waals surface area contributed by atoms with Gasteiger partial charge in [0.05, 0.1) is 11.5 Å². The molecular formula is C14H19BrN4OS. The van der Waals surface area contributed by atoms with Gasteiger partial charge in [0.2, 0.25) is 5.91 Å². The zero-order valence-corrected chi connectivity index (χ0v) is 14.1. The van der Waals surface area contributed by atoms with Crippen molar-refractivity contribution < 1.29 is 4.79 Å². The highest BCUT2D eigenvalue weighted by atomic mass is 79.9. The number of carbonyl (C=O) groups excluding carboxylic acids is 1. The summed E-state index contributed by atoms with van der Waals surface area (Å²) in [4.78, 5) is 16.9. The van der Waals surface area contributed by atoms with Crippen LogP contribution in [0.25, 0.3) is 0 Å². The normalized spacial score (nSPS) is 16.6. The molecule has 0 unspecified atom stereocenters. The Bertz CT molecular complexity index is 500. The number of nitrogens with zero attached hydrogens (tertiary/aromatic N) is 2. The van der Waals surface area contributed by atoms with Crippen LogP contribution < -0.4 is 11.1 Å². The van der Waals surface area contributed by atoms with Crippen molar-refractivity contribution in [1.82, 2.24) is 9.80 Å². The summed E-state index contributed by atoms with van der Waals surface area (Å²) in [7, 11) is 0. The number of rotatable bonds is 5. The molecule has 0 aromatic heterocycles. The van der Waals surface area contributed by atoms with Gasteiger partial charge in [-0.1, -0.05) is 28.1 Å². The second kappa shape index (κ2) is 7.84. The van der Waals surface area contributed by atoms with E-state index in [1.807, 2.05) is 24.3 Å². The summed E-state index contributed by atoms with van der Waals surface area (Å²) < 4.78 is 0.995. The Morgan fingerprint density at radius 1 is 1.14 bits per heavy atom. The maximum absolute atomic E-state index is 12.0. The summed E-state index contributed by atoms with van der Waals surface area (Å²) in [6, 6.07) is 7.57. The maximum Gasteiger partial charge on any atom is 0.238 e. The third-order valence-electron chi connectivity index (χ3n) is 3.34. The summed E-state index contributed by atoms with van der Waals surface area (Å²) in [6.45, 7) is 4.57. The molecule has 1 aromatic rings. The maximum atomic E-state index is 12.0. The topological polar surface area (TPSA) is 61.6 Å². The third-order valence-corrected chi connectivity index (χ3v) is 4.00. The Hall–Kier alpha value is -1.02. The number of nitrogens with one attached hydrogen (secondary N) is 1. The van der Waals surface area contributed by atoms with Crippen molar-refractivity contribution in [1.29, 1.82) is 0 Å². The van der Waals surface area contributed by atoms with Crippen LogP contribution in [0.3, 0.4) is 0 Å². The molecule has 0 atom stereocenters. The zero-order chi connectivity index (χ0) is 15.2. The molecule has 0 saturated carbocycles. The number of benzene rings is 1. The third kappa shape index (κ3) is 5.70. The lowest BCUT2D eigenvalue weighted by atomic mass is 10.3. The minimum absolute atomic E-state index is 0.0140. The van der Waals surface area contributed by atoms with Crippen molar-refractivity contribution in [3.8, 4) is 0 Å². The summed E-state index contributed by atoms with van der Waals surface area (Å²) in [5.41, 5.74) is 6.36. The van der Waals surface area contributed by atoms with Crippen LogP contribution in [0.5, 0.6) is 0 Å². The molecule has 0 aliphatic carbocycles. The van der Waals surface area contributed by atoms with E-state index in [9.17, 15) is 4.79 Å². The largest absolute Gasteiger partial charge is 0.392 e. The highest BCUT2D eigenvalue weighted by Gasteiger charge is 2.19. The number of hydrogen-bond donors (Lipinski definition) is 2. The second-order valence-corrected chi connectivity index (χ2v) is 6.51. The van der Waals surface area contributed by atoms with E-state index in [-0.39, 0.29) is 5.91 Å². The molecule has 0 spiro atoms. The molecule has 21 heavy (non-hydrogen) atoms. The minimum atomic E-state index is 0.0140. The van der Waals surface area contributed by atoms with Crippen LogP contribution in [0.15, 0.2) is 28.7 Å². The van der Waals surface area contributed by atoms with Crippen LogP contribution in [0, 0.1) is 0 Å². The van der Waals surface area contributed by atoms with Gasteiger partial charge in [-0.2, -0.15) is 0 Å². The Labute approximate surface area is 138 Å². The lowest BCUT2D eigenvalue weighted by molar-refractivity contribution is -0.117. The van der Waals surface area contributed by atoms with Gasteiger partial charge in [-0.15, -0.1) is 0 Å². The van der Waals surface area contributed by atoms with Crippen LogP contribution in [0.2, 0.25) is 0 Å². The SMILES string of the molecule is NC(=S)CN1CCN(CC(=O)Nc2ccc(Br)cc2)CC1. The molecule has 1 fully saturated rings. The highest BCUT2D eigenvalue weighted by Crippen LogP contribution is 2.14. The van der Waals surface area contributed by atoms with Crippen molar-refractivity contribution in [3.63, 3.8) is 0 Å². The molecule has 1 aliphatic rings. The van der Waals surface area contributed by atoms with Crippen molar-refractivity contribution >= 4 is 44.7 Å². The predicted molar refractivity (Wildman–Crippen MR) is 92.4 cm³/mol. The molecule has 1 saturated heterocycles. The van der Waals surface area contributed by atoms with Crippen LogP contribution in [0.1, 0.15) is 0 Å². The van der Waals surface area contributed by atoms with Crippen molar-refractivity contribution in [2.24, 2.45) is 5.73 Å². The molecule has 5 nitrogen and oxygen atoms in total. The van der Waals surface area contributed by atoms with Gasteiger partial charge >= 0.3 is 0 Å². The summed E-state index contributed by atoms with van der Waals surface area (Å²) in [6.07, 6.45) is 0.